The molecular weight excluding hydrogens is 292 g/mol. The Hall–Kier alpha value is -2.14. The summed E-state index contributed by atoms with van der Waals surface area (Å²) in [5.74, 6) is 0.0101. The molecule has 2 aliphatic rings. The quantitative estimate of drug-likeness (QED) is 0.815. The lowest BCUT2D eigenvalue weighted by molar-refractivity contribution is 0.000180. The Kier molecular flexibility index (Phi) is 3.45. The topological polar surface area (TPSA) is 53.4 Å². The van der Waals surface area contributed by atoms with Gasteiger partial charge in [0, 0.05) is 18.2 Å². The van der Waals surface area contributed by atoms with E-state index in [-0.39, 0.29) is 11.6 Å². The standard InChI is InChI=1S/C18H20N2O3/c1-13-11-16(19-20(13)15-5-3-2-4-6-15)17(21)23-18(8-9-18)14-7-10-22-12-14/h2-6,11,14H,7-10,12H2,1H3. The van der Waals surface area contributed by atoms with Gasteiger partial charge in [0.2, 0.25) is 0 Å². The monoisotopic (exact) mass is 312 g/mol. The van der Waals surface area contributed by atoms with Crippen molar-refractivity contribution < 1.29 is 14.3 Å². The number of rotatable bonds is 4. The molecule has 23 heavy (non-hydrogen) atoms. The van der Waals surface area contributed by atoms with Crippen molar-refractivity contribution in [2.24, 2.45) is 5.92 Å². The van der Waals surface area contributed by atoms with Crippen LogP contribution in [0.25, 0.3) is 5.69 Å². The van der Waals surface area contributed by atoms with Gasteiger partial charge in [-0.2, -0.15) is 5.10 Å². The summed E-state index contributed by atoms with van der Waals surface area (Å²) in [6.07, 6.45) is 2.85. The molecule has 5 nitrogen and oxygen atoms in total. The largest absolute Gasteiger partial charge is 0.454 e. The van der Waals surface area contributed by atoms with E-state index in [9.17, 15) is 4.79 Å². The molecule has 1 aromatic heterocycles. The number of ether oxygens (including phenoxy) is 2. The first kappa shape index (κ1) is 14.5. The Morgan fingerprint density at radius 3 is 2.78 bits per heavy atom. The zero-order valence-electron chi connectivity index (χ0n) is 13.2. The van der Waals surface area contributed by atoms with Crippen LogP contribution in [0.2, 0.25) is 0 Å². The van der Waals surface area contributed by atoms with Gasteiger partial charge in [0.25, 0.3) is 0 Å². The van der Waals surface area contributed by atoms with Crippen LogP contribution in [-0.4, -0.2) is 34.6 Å². The minimum atomic E-state index is -0.327. The molecule has 0 bridgehead atoms. The number of carbonyl (C=O) groups is 1. The number of benzene rings is 1. The van der Waals surface area contributed by atoms with Crippen LogP contribution in [0.15, 0.2) is 36.4 Å². The molecule has 2 aromatic rings. The fourth-order valence-electron chi connectivity index (χ4n) is 3.31. The average molecular weight is 312 g/mol. The molecule has 0 radical (unpaired) electrons. The van der Waals surface area contributed by atoms with E-state index < -0.39 is 0 Å². The fourth-order valence-corrected chi connectivity index (χ4v) is 3.31. The van der Waals surface area contributed by atoms with Crippen molar-refractivity contribution in [2.45, 2.75) is 31.8 Å². The summed E-state index contributed by atoms with van der Waals surface area (Å²) in [7, 11) is 0. The van der Waals surface area contributed by atoms with E-state index in [2.05, 4.69) is 5.10 Å². The van der Waals surface area contributed by atoms with E-state index in [1.807, 2.05) is 37.3 Å². The van der Waals surface area contributed by atoms with E-state index >= 15 is 0 Å². The number of carbonyl (C=O) groups excluding carboxylic acids is 1. The number of para-hydroxylation sites is 1. The molecule has 2 heterocycles. The van der Waals surface area contributed by atoms with E-state index in [1.54, 1.807) is 10.7 Å². The summed E-state index contributed by atoms with van der Waals surface area (Å²) < 4.78 is 13.0. The Morgan fingerprint density at radius 2 is 2.13 bits per heavy atom. The van der Waals surface area contributed by atoms with Crippen LogP contribution in [0.1, 0.15) is 35.4 Å². The third-order valence-corrected chi connectivity index (χ3v) is 4.81. The maximum Gasteiger partial charge on any atom is 0.359 e. The highest BCUT2D eigenvalue weighted by atomic mass is 16.6. The molecular formula is C18H20N2O3. The van der Waals surface area contributed by atoms with Crippen LogP contribution >= 0.6 is 0 Å². The molecule has 1 saturated heterocycles. The minimum Gasteiger partial charge on any atom is -0.454 e. The molecule has 0 N–H and O–H groups in total. The predicted molar refractivity (Wildman–Crippen MR) is 84.6 cm³/mol. The van der Waals surface area contributed by atoms with E-state index in [4.69, 9.17) is 9.47 Å². The lowest BCUT2D eigenvalue weighted by Gasteiger charge is -2.21. The first-order chi connectivity index (χ1) is 11.2. The molecule has 1 saturated carbocycles. The number of aromatic nitrogens is 2. The molecule has 120 valence electrons. The molecule has 1 atom stereocenters. The van der Waals surface area contributed by atoms with Crippen molar-refractivity contribution in [2.75, 3.05) is 13.2 Å². The van der Waals surface area contributed by atoms with Crippen LogP contribution in [0.5, 0.6) is 0 Å². The maximum absolute atomic E-state index is 12.5. The fraction of sp³-hybridized carbons (Fsp3) is 0.444. The first-order valence-corrected chi connectivity index (χ1v) is 8.11. The zero-order chi connectivity index (χ0) is 15.9. The third kappa shape index (κ3) is 2.65. The predicted octanol–water partition coefficient (Wildman–Crippen LogP) is 2.91. The lowest BCUT2D eigenvalue weighted by Crippen LogP contribution is -2.29. The number of nitrogens with zero attached hydrogens (tertiary/aromatic N) is 2. The summed E-state index contributed by atoms with van der Waals surface area (Å²) in [6.45, 7) is 3.41. The second-order valence-electron chi connectivity index (χ2n) is 6.43. The van der Waals surface area contributed by atoms with Crippen molar-refractivity contribution in [1.29, 1.82) is 0 Å². The average Bonchev–Trinajstić information content (AvgIpc) is 3.01. The molecule has 0 amide bonds. The summed E-state index contributed by atoms with van der Waals surface area (Å²) >= 11 is 0. The minimum absolute atomic E-state index is 0.308. The van der Waals surface area contributed by atoms with Crippen LogP contribution in [0, 0.1) is 12.8 Å². The van der Waals surface area contributed by atoms with E-state index in [0.29, 0.717) is 18.2 Å². The van der Waals surface area contributed by atoms with Gasteiger partial charge in [-0.15, -0.1) is 0 Å². The highest BCUT2D eigenvalue weighted by Gasteiger charge is 2.54. The van der Waals surface area contributed by atoms with Gasteiger partial charge in [-0.3, -0.25) is 0 Å². The van der Waals surface area contributed by atoms with Crippen LogP contribution < -0.4 is 0 Å². The van der Waals surface area contributed by atoms with Crippen molar-refractivity contribution in [1.82, 2.24) is 9.78 Å². The third-order valence-electron chi connectivity index (χ3n) is 4.81. The Morgan fingerprint density at radius 1 is 1.35 bits per heavy atom. The van der Waals surface area contributed by atoms with Crippen LogP contribution in [0.3, 0.4) is 0 Å². The summed E-state index contributed by atoms with van der Waals surface area (Å²) in [4.78, 5) is 12.5. The lowest BCUT2D eigenvalue weighted by atomic mass is 9.99. The number of hydrogen-bond acceptors (Lipinski definition) is 4. The van der Waals surface area contributed by atoms with Gasteiger partial charge in [0.1, 0.15) is 5.60 Å². The Labute approximate surface area is 135 Å². The molecule has 2 fully saturated rings. The molecule has 0 spiro atoms. The molecule has 1 aromatic carbocycles. The van der Waals surface area contributed by atoms with Crippen LogP contribution in [-0.2, 0) is 9.47 Å². The van der Waals surface area contributed by atoms with Gasteiger partial charge in [-0.1, -0.05) is 18.2 Å². The van der Waals surface area contributed by atoms with Crippen molar-refractivity contribution in [3.63, 3.8) is 0 Å². The van der Waals surface area contributed by atoms with Gasteiger partial charge in [0.15, 0.2) is 5.69 Å². The number of esters is 1. The number of hydrogen-bond donors (Lipinski definition) is 0. The summed E-state index contributed by atoms with van der Waals surface area (Å²) in [5, 5.41) is 4.43. The van der Waals surface area contributed by atoms with Gasteiger partial charge < -0.3 is 9.47 Å². The molecule has 1 aliphatic carbocycles. The van der Waals surface area contributed by atoms with Crippen molar-refractivity contribution >= 4 is 5.97 Å². The van der Waals surface area contributed by atoms with E-state index in [1.165, 1.54) is 0 Å². The maximum atomic E-state index is 12.5. The zero-order valence-corrected chi connectivity index (χ0v) is 13.2. The smallest absolute Gasteiger partial charge is 0.359 e. The van der Waals surface area contributed by atoms with Crippen molar-refractivity contribution in [3.05, 3.63) is 47.8 Å². The van der Waals surface area contributed by atoms with E-state index in [0.717, 1.165) is 37.3 Å². The van der Waals surface area contributed by atoms with Gasteiger partial charge in [-0.05, 0) is 44.4 Å². The molecule has 5 heteroatoms. The second-order valence-corrected chi connectivity index (χ2v) is 6.43. The van der Waals surface area contributed by atoms with Crippen molar-refractivity contribution in [3.8, 4) is 5.69 Å². The van der Waals surface area contributed by atoms with Gasteiger partial charge >= 0.3 is 5.97 Å². The normalized spacial score (nSPS) is 22.0. The second kappa shape index (κ2) is 5.49. The Balaban J connectivity index is 1.53. The molecule has 4 rings (SSSR count). The van der Waals surface area contributed by atoms with Gasteiger partial charge in [0.05, 0.1) is 12.3 Å². The number of aryl methyl sites for hydroxylation is 1. The molecule has 1 unspecified atom stereocenters. The SMILES string of the molecule is Cc1cc(C(=O)OC2(C3CCOC3)CC2)nn1-c1ccccc1. The molecule has 1 aliphatic heterocycles. The highest BCUT2D eigenvalue weighted by Crippen LogP contribution is 2.49. The van der Waals surface area contributed by atoms with Gasteiger partial charge in [-0.25, -0.2) is 9.48 Å². The first-order valence-electron chi connectivity index (χ1n) is 8.11. The summed E-state index contributed by atoms with van der Waals surface area (Å²) in [6, 6.07) is 11.6. The summed E-state index contributed by atoms with van der Waals surface area (Å²) in [5.41, 5.74) is 1.92. The Bertz CT molecular complexity index is 713. The van der Waals surface area contributed by atoms with Crippen LogP contribution in [0.4, 0.5) is 0 Å². The highest BCUT2D eigenvalue weighted by molar-refractivity contribution is 5.88.